The molecule has 0 N–H and O–H groups in total. The van der Waals surface area contributed by atoms with Gasteiger partial charge in [-0.2, -0.15) is 0 Å². The normalized spacial score (nSPS) is 19.3. The van der Waals surface area contributed by atoms with Gasteiger partial charge in [-0.1, -0.05) is 182 Å². The van der Waals surface area contributed by atoms with Crippen LogP contribution in [0.5, 0.6) is 0 Å². The summed E-state index contributed by atoms with van der Waals surface area (Å²) < 4.78 is 34.4. The molecule has 296 valence electrons. The molecule has 0 bridgehead atoms. The number of rotatable bonds is 19. The molecule has 1 aliphatic rings. The molecule has 1 aliphatic heterocycles. The van der Waals surface area contributed by atoms with E-state index in [-0.39, 0.29) is 5.78 Å². The van der Waals surface area contributed by atoms with Gasteiger partial charge in [-0.05, 0) is 57.9 Å². The van der Waals surface area contributed by atoms with Gasteiger partial charge in [0.1, 0.15) is 36.3 Å². The monoisotopic (exact) mass is 772 g/mol. The molecule has 0 spiro atoms. The van der Waals surface area contributed by atoms with Crippen molar-refractivity contribution < 1.29 is 28.5 Å². The molecule has 1 fully saturated rings. The van der Waals surface area contributed by atoms with E-state index >= 15 is 0 Å². The summed E-state index contributed by atoms with van der Waals surface area (Å²) >= 11 is 0. The van der Waals surface area contributed by atoms with Crippen LogP contribution in [0.4, 0.5) is 0 Å². The molecule has 5 atom stereocenters. The van der Waals surface area contributed by atoms with Crippen molar-refractivity contribution in [3.63, 3.8) is 0 Å². The first-order chi connectivity index (χ1) is 28.6. The van der Waals surface area contributed by atoms with Gasteiger partial charge < -0.3 is 23.7 Å². The van der Waals surface area contributed by atoms with Gasteiger partial charge in [-0.25, -0.2) is 0 Å². The average Bonchev–Trinajstić information content (AvgIpc) is 3.26. The number of hydrogen-bond acceptors (Lipinski definition) is 6. The first kappa shape index (κ1) is 40.7. The molecule has 0 amide bonds. The van der Waals surface area contributed by atoms with Gasteiger partial charge in [0, 0.05) is 6.42 Å². The number of allylic oxidation sites excluding steroid dienone is 1. The van der Waals surface area contributed by atoms with Crippen LogP contribution in [0.1, 0.15) is 64.0 Å². The number of benzene rings is 6. The van der Waals surface area contributed by atoms with Crippen LogP contribution in [0.2, 0.25) is 0 Å². The topological polar surface area (TPSA) is 63.2 Å². The molecule has 0 radical (unpaired) electrons. The lowest BCUT2D eigenvalue weighted by atomic mass is 9.89. The minimum atomic E-state index is -0.522. The van der Waals surface area contributed by atoms with Crippen molar-refractivity contribution in [1.82, 2.24) is 0 Å². The predicted octanol–water partition coefficient (Wildman–Crippen LogP) is 10.7. The van der Waals surface area contributed by atoms with E-state index in [1.165, 1.54) is 5.56 Å². The van der Waals surface area contributed by atoms with Crippen LogP contribution in [-0.2, 0) is 61.3 Å². The van der Waals surface area contributed by atoms with E-state index < -0.39 is 30.5 Å². The summed E-state index contributed by atoms with van der Waals surface area (Å²) in [6.07, 6.45) is 2.59. The minimum Gasteiger partial charge on any atom is -0.374 e. The maximum Gasteiger partial charge on any atom is 0.133 e. The Labute approximate surface area is 343 Å². The van der Waals surface area contributed by atoms with Gasteiger partial charge in [-0.3, -0.25) is 4.79 Å². The van der Waals surface area contributed by atoms with E-state index in [0.29, 0.717) is 39.5 Å². The second-order valence-corrected chi connectivity index (χ2v) is 14.9. The molecule has 1 heterocycles. The fourth-order valence-corrected chi connectivity index (χ4v) is 7.28. The van der Waals surface area contributed by atoms with Gasteiger partial charge >= 0.3 is 0 Å². The van der Waals surface area contributed by atoms with E-state index in [4.69, 9.17) is 23.7 Å². The smallest absolute Gasteiger partial charge is 0.133 e. The molecule has 6 aromatic rings. The summed E-state index contributed by atoms with van der Waals surface area (Å²) in [7, 11) is 0. The standard InChI is InChI=1S/C52H52O6/c1-39(53)16-14-25-40-28-30-41(31-29-40)32-46-26-15-27-47(33-46)49-51(56-36-44-21-10-4-11-22-44)52(57-37-45-23-12-5-13-24-45)50(55-35-43-19-8-3-9-20-43)48(58-49)38-54-34-42-17-6-2-7-18-42/h2-15,17-31,33,48-52H,16,32,34-38H2,1H3/b25-14+/t48-,49+,50?,51+,52+/m1/s1. The van der Waals surface area contributed by atoms with Crippen molar-refractivity contribution in [2.45, 2.75) is 76.7 Å². The molecule has 1 unspecified atom stereocenters. The highest BCUT2D eigenvalue weighted by atomic mass is 16.6. The Kier molecular flexibility index (Phi) is 15.0. The fraction of sp³-hybridized carbons (Fsp3) is 0.250. The summed E-state index contributed by atoms with van der Waals surface area (Å²) in [5.74, 6) is 0.151. The SMILES string of the molecule is CC(=O)C/C=C/c1ccc(Cc2cccc([C@@H]3O[C@H](COCc4ccccc4)C(OCc4ccccc4)[C@H](OCc4ccccc4)[C@H]3OCc3ccccc3)c2)cc1. The van der Waals surface area contributed by atoms with Crippen LogP contribution >= 0.6 is 0 Å². The van der Waals surface area contributed by atoms with Crippen LogP contribution < -0.4 is 0 Å². The van der Waals surface area contributed by atoms with Crippen molar-refractivity contribution in [2.24, 2.45) is 0 Å². The Balaban J connectivity index is 1.21. The van der Waals surface area contributed by atoms with E-state index in [1.54, 1.807) is 6.92 Å². The third-order valence-corrected chi connectivity index (χ3v) is 10.3. The van der Waals surface area contributed by atoms with E-state index in [1.807, 2.05) is 84.9 Å². The lowest BCUT2D eigenvalue weighted by Crippen LogP contribution is -2.58. The molecular weight excluding hydrogens is 721 g/mol. The number of hydrogen-bond donors (Lipinski definition) is 0. The highest BCUT2D eigenvalue weighted by Gasteiger charge is 2.49. The fourth-order valence-electron chi connectivity index (χ4n) is 7.28. The summed E-state index contributed by atoms with van der Waals surface area (Å²) in [4.78, 5) is 11.4. The number of ketones is 1. The molecule has 6 nitrogen and oxygen atoms in total. The van der Waals surface area contributed by atoms with Crippen molar-refractivity contribution in [3.05, 3.63) is 220 Å². The second kappa shape index (κ2) is 21.3. The number of carbonyl (C=O) groups excluding carboxylic acids is 1. The lowest BCUT2D eigenvalue weighted by Gasteiger charge is -2.46. The second-order valence-electron chi connectivity index (χ2n) is 14.9. The third-order valence-electron chi connectivity index (χ3n) is 10.3. The van der Waals surface area contributed by atoms with Crippen LogP contribution in [0.3, 0.4) is 0 Å². The van der Waals surface area contributed by atoms with Crippen LogP contribution in [0.25, 0.3) is 6.08 Å². The lowest BCUT2D eigenvalue weighted by molar-refractivity contribution is -0.275. The third kappa shape index (κ3) is 12.0. The van der Waals surface area contributed by atoms with Crippen molar-refractivity contribution >= 4 is 11.9 Å². The molecule has 1 saturated heterocycles. The maximum atomic E-state index is 11.4. The predicted molar refractivity (Wildman–Crippen MR) is 229 cm³/mol. The van der Waals surface area contributed by atoms with Crippen LogP contribution in [0, 0.1) is 0 Å². The summed E-state index contributed by atoms with van der Waals surface area (Å²) in [5, 5.41) is 0. The van der Waals surface area contributed by atoms with Crippen LogP contribution in [0.15, 0.2) is 176 Å². The molecule has 7 rings (SSSR count). The Bertz CT molecular complexity index is 2140. The van der Waals surface area contributed by atoms with Gasteiger partial charge in [0.05, 0.1) is 33.0 Å². The Hall–Kier alpha value is -5.47. The zero-order valence-electron chi connectivity index (χ0n) is 33.1. The highest BCUT2D eigenvalue weighted by Crippen LogP contribution is 2.39. The molecule has 0 saturated carbocycles. The van der Waals surface area contributed by atoms with Crippen molar-refractivity contribution in [1.29, 1.82) is 0 Å². The van der Waals surface area contributed by atoms with Gasteiger partial charge in [0.2, 0.25) is 0 Å². The van der Waals surface area contributed by atoms with E-state index in [9.17, 15) is 4.79 Å². The van der Waals surface area contributed by atoms with Gasteiger partial charge in [-0.15, -0.1) is 0 Å². The highest BCUT2D eigenvalue weighted by molar-refractivity contribution is 5.78. The first-order valence-corrected chi connectivity index (χ1v) is 20.1. The quantitative estimate of drug-likeness (QED) is 0.0817. The molecule has 58 heavy (non-hydrogen) atoms. The van der Waals surface area contributed by atoms with Crippen LogP contribution in [-0.4, -0.2) is 36.8 Å². The van der Waals surface area contributed by atoms with E-state index in [2.05, 4.69) is 97.1 Å². The van der Waals surface area contributed by atoms with Gasteiger partial charge in [0.15, 0.2) is 0 Å². The van der Waals surface area contributed by atoms with Crippen molar-refractivity contribution in [2.75, 3.05) is 6.61 Å². The Morgan fingerprint density at radius 1 is 0.534 bits per heavy atom. The summed E-state index contributed by atoms with van der Waals surface area (Å²) in [6, 6.07) is 57.9. The molecular formula is C52H52O6. The maximum absolute atomic E-state index is 11.4. The number of ether oxygens (including phenoxy) is 5. The zero-order valence-corrected chi connectivity index (χ0v) is 33.1. The molecule has 0 aromatic heterocycles. The van der Waals surface area contributed by atoms with Gasteiger partial charge in [0.25, 0.3) is 0 Å². The summed E-state index contributed by atoms with van der Waals surface area (Å²) in [6.45, 7) is 3.49. The minimum absolute atomic E-state index is 0.151. The zero-order chi connectivity index (χ0) is 39.8. The molecule has 6 heteroatoms. The first-order valence-electron chi connectivity index (χ1n) is 20.1. The van der Waals surface area contributed by atoms with Crippen molar-refractivity contribution in [3.8, 4) is 0 Å². The average molecular weight is 773 g/mol. The molecule has 6 aromatic carbocycles. The summed E-state index contributed by atoms with van der Waals surface area (Å²) in [5.41, 5.74) is 8.69. The van der Waals surface area contributed by atoms with E-state index in [0.717, 1.165) is 45.4 Å². The number of carbonyl (C=O) groups is 1. The Morgan fingerprint density at radius 2 is 1.03 bits per heavy atom. The number of Topliss-reactive ketones (excluding diaryl/α,β-unsaturated/α-hetero) is 1. The largest absolute Gasteiger partial charge is 0.374 e. The molecule has 0 aliphatic carbocycles. The Morgan fingerprint density at radius 3 is 1.59 bits per heavy atom.